The number of halogens is 1. The first-order valence-electron chi connectivity index (χ1n) is 10.5. The van der Waals surface area contributed by atoms with Gasteiger partial charge in [0.1, 0.15) is 24.2 Å². The van der Waals surface area contributed by atoms with E-state index >= 15 is 0 Å². The van der Waals surface area contributed by atoms with Gasteiger partial charge in [-0.2, -0.15) is 5.10 Å². The molecule has 1 aromatic heterocycles. The van der Waals surface area contributed by atoms with Gasteiger partial charge in [0.05, 0.1) is 18.3 Å². The minimum Gasteiger partial charge on any atom is -0.386 e. The Morgan fingerprint density at radius 3 is 2.58 bits per heavy atom. The summed E-state index contributed by atoms with van der Waals surface area (Å²) in [5, 5.41) is 18.0. The molecule has 1 saturated heterocycles. The van der Waals surface area contributed by atoms with Crippen molar-refractivity contribution in [2.45, 2.75) is 25.6 Å². The van der Waals surface area contributed by atoms with Crippen LogP contribution in [-0.2, 0) is 23.1 Å². The zero-order chi connectivity index (χ0) is 23.5. The number of nitrogens with one attached hydrogen (secondary N) is 1. The minimum absolute atomic E-state index is 0.0666. The SMILES string of the molecule is Cc1cc(C(=O)Nc2ccc(C(O)[C@H]3COCC(=O)N3Cc3ccc(F)cc3)cc2)n(C)n1. The average Bonchev–Trinajstić information content (AvgIpc) is 3.14. The van der Waals surface area contributed by atoms with Crippen molar-refractivity contribution in [3.63, 3.8) is 0 Å². The number of hydrogen-bond donors (Lipinski definition) is 2. The molecule has 1 aliphatic heterocycles. The van der Waals surface area contributed by atoms with Crippen molar-refractivity contribution in [2.24, 2.45) is 7.05 Å². The van der Waals surface area contributed by atoms with Crippen LogP contribution in [0.2, 0.25) is 0 Å². The topological polar surface area (TPSA) is 96.7 Å². The number of aliphatic hydroxyl groups is 1. The largest absolute Gasteiger partial charge is 0.386 e. The molecule has 0 bridgehead atoms. The molecule has 3 aromatic rings. The zero-order valence-electron chi connectivity index (χ0n) is 18.4. The van der Waals surface area contributed by atoms with Gasteiger partial charge in [-0.25, -0.2) is 4.39 Å². The number of aliphatic hydroxyl groups excluding tert-OH is 1. The molecule has 2 heterocycles. The van der Waals surface area contributed by atoms with E-state index in [-0.39, 0.29) is 37.4 Å². The molecule has 8 nitrogen and oxygen atoms in total. The van der Waals surface area contributed by atoms with Crippen LogP contribution in [0.25, 0.3) is 0 Å². The third-order valence-corrected chi connectivity index (χ3v) is 5.61. The highest BCUT2D eigenvalue weighted by molar-refractivity contribution is 6.03. The van der Waals surface area contributed by atoms with Gasteiger partial charge in [-0.3, -0.25) is 14.3 Å². The van der Waals surface area contributed by atoms with Crippen LogP contribution in [0.5, 0.6) is 0 Å². The van der Waals surface area contributed by atoms with Crippen LogP contribution in [0, 0.1) is 12.7 Å². The van der Waals surface area contributed by atoms with Crippen molar-refractivity contribution >= 4 is 17.5 Å². The van der Waals surface area contributed by atoms with Gasteiger partial charge in [0, 0.05) is 19.3 Å². The predicted octanol–water partition coefficient (Wildman–Crippen LogP) is 2.58. The van der Waals surface area contributed by atoms with Gasteiger partial charge in [0.15, 0.2) is 0 Å². The number of aryl methyl sites for hydroxylation is 2. The van der Waals surface area contributed by atoms with Crippen molar-refractivity contribution < 1.29 is 23.8 Å². The molecule has 2 atom stereocenters. The maximum absolute atomic E-state index is 13.2. The van der Waals surface area contributed by atoms with E-state index in [4.69, 9.17) is 4.74 Å². The summed E-state index contributed by atoms with van der Waals surface area (Å²) in [6.07, 6.45) is -1.00. The second-order valence-corrected chi connectivity index (χ2v) is 8.05. The summed E-state index contributed by atoms with van der Waals surface area (Å²) in [5.41, 5.74) is 3.08. The van der Waals surface area contributed by atoms with Gasteiger partial charge >= 0.3 is 0 Å². The van der Waals surface area contributed by atoms with Gasteiger partial charge in [-0.15, -0.1) is 0 Å². The van der Waals surface area contributed by atoms with Crippen molar-refractivity contribution in [1.29, 1.82) is 0 Å². The molecule has 0 radical (unpaired) electrons. The number of hydrogen-bond acceptors (Lipinski definition) is 5. The summed E-state index contributed by atoms with van der Waals surface area (Å²) in [4.78, 5) is 26.6. The van der Waals surface area contributed by atoms with Crippen LogP contribution < -0.4 is 5.32 Å². The van der Waals surface area contributed by atoms with E-state index in [0.717, 1.165) is 11.3 Å². The van der Waals surface area contributed by atoms with Gasteiger partial charge in [-0.1, -0.05) is 24.3 Å². The van der Waals surface area contributed by atoms with Crippen LogP contribution in [0.15, 0.2) is 54.6 Å². The van der Waals surface area contributed by atoms with Crippen molar-refractivity contribution in [3.8, 4) is 0 Å². The highest BCUT2D eigenvalue weighted by Gasteiger charge is 2.34. The Labute approximate surface area is 190 Å². The molecular weight excluding hydrogens is 427 g/mol. The number of amides is 2. The molecule has 172 valence electrons. The molecule has 0 spiro atoms. The third-order valence-electron chi connectivity index (χ3n) is 5.61. The summed E-state index contributed by atoms with van der Waals surface area (Å²) in [5.74, 6) is -0.887. The van der Waals surface area contributed by atoms with E-state index in [9.17, 15) is 19.1 Å². The van der Waals surface area contributed by atoms with E-state index in [0.29, 0.717) is 16.9 Å². The molecule has 2 amide bonds. The van der Waals surface area contributed by atoms with Gasteiger partial charge in [-0.05, 0) is 48.4 Å². The van der Waals surface area contributed by atoms with Gasteiger partial charge in [0.2, 0.25) is 5.91 Å². The highest BCUT2D eigenvalue weighted by atomic mass is 19.1. The summed E-state index contributed by atoms with van der Waals surface area (Å²) >= 11 is 0. The summed E-state index contributed by atoms with van der Waals surface area (Å²) in [7, 11) is 1.70. The first-order valence-corrected chi connectivity index (χ1v) is 10.5. The van der Waals surface area contributed by atoms with Crippen molar-refractivity contribution in [3.05, 3.63) is 82.9 Å². The number of morpholine rings is 1. The fourth-order valence-electron chi connectivity index (χ4n) is 3.88. The summed E-state index contributed by atoms with van der Waals surface area (Å²) in [6, 6.07) is 13.8. The molecule has 0 aliphatic carbocycles. The number of rotatable bonds is 6. The number of ether oxygens (including phenoxy) is 1. The Hall–Kier alpha value is -3.56. The number of aromatic nitrogens is 2. The first kappa shape index (κ1) is 22.6. The lowest BCUT2D eigenvalue weighted by atomic mass is 9.99. The predicted molar refractivity (Wildman–Crippen MR) is 119 cm³/mol. The molecule has 0 saturated carbocycles. The van der Waals surface area contributed by atoms with Gasteiger partial charge < -0.3 is 20.1 Å². The van der Waals surface area contributed by atoms with Crippen molar-refractivity contribution in [1.82, 2.24) is 14.7 Å². The maximum Gasteiger partial charge on any atom is 0.273 e. The van der Waals surface area contributed by atoms with E-state index in [1.54, 1.807) is 54.4 Å². The Kier molecular flexibility index (Phi) is 6.52. The van der Waals surface area contributed by atoms with Crippen LogP contribution in [0.1, 0.15) is 33.4 Å². The number of anilines is 1. The lowest BCUT2D eigenvalue weighted by Crippen LogP contribution is -2.51. The number of carbonyl (C=O) groups is 2. The second-order valence-electron chi connectivity index (χ2n) is 8.05. The molecule has 4 rings (SSSR count). The standard InChI is InChI=1S/C24H25FN4O4/c1-15-11-20(28(2)27-15)24(32)26-19-9-5-17(6-10-19)23(31)21-13-33-14-22(30)29(21)12-16-3-7-18(25)8-4-16/h3-11,21,23,31H,12-14H2,1-2H3,(H,26,32)/t21-,23?/m1/s1. The molecule has 2 N–H and O–H groups in total. The Bertz CT molecular complexity index is 1140. The normalized spacial score (nSPS) is 17.2. The maximum atomic E-state index is 13.2. The molecule has 1 fully saturated rings. The van der Waals surface area contributed by atoms with Crippen LogP contribution >= 0.6 is 0 Å². The summed E-state index contributed by atoms with van der Waals surface area (Å²) < 4.78 is 20.1. The van der Waals surface area contributed by atoms with E-state index < -0.39 is 12.1 Å². The fourth-order valence-corrected chi connectivity index (χ4v) is 3.88. The quantitative estimate of drug-likeness (QED) is 0.599. The highest BCUT2D eigenvalue weighted by Crippen LogP contribution is 2.27. The smallest absolute Gasteiger partial charge is 0.273 e. The van der Waals surface area contributed by atoms with Crippen molar-refractivity contribution in [2.75, 3.05) is 18.5 Å². The monoisotopic (exact) mass is 452 g/mol. The van der Waals surface area contributed by atoms with Crippen LogP contribution in [0.4, 0.5) is 10.1 Å². The van der Waals surface area contributed by atoms with Gasteiger partial charge in [0.25, 0.3) is 5.91 Å². The Morgan fingerprint density at radius 1 is 1.24 bits per heavy atom. The zero-order valence-corrected chi connectivity index (χ0v) is 18.4. The first-order chi connectivity index (χ1) is 15.8. The van der Waals surface area contributed by atoms with E-state index in [1.165, 1.54) is 16.8 Å². The average molecular weight is 452 g/mol. The van der Waals surface area contributed by atoms with Crippen LogP contribution in [0.3, 0.4) is 0 Å². The van der Waals surface area contributed by atoms with Crippen LogP contribution in [-0.4, -0.2) is 50.9 Å². The second kappa shape index (κ2) is 9.51. The lowest BCUT2D eigenvalue weighted by molar-refractivity contribution is -0.155. The molecular formula is C24H25FN4O4. The molecule has 9 heteroatoms. The molecule has 1 unspecified atom stereocenters. The summed E-state index contributed by atoms with van der Waals surface area (Å²) in [6.45, 7) is 2.16. The Morgan fingerprint density at radius 2 is 1.94 bits per heavy atom. The Balaban J connectivity index is 1.47. The number of nitrogens with zero attached hydrogens (tertiary/aromatic N) is 3. The van der Waals surface area contributed by atoms with E-state index in [1.807, 2.05) is 6.92 Å². The number of benzene rings is 2. The minimum atomic E-state index is -1.00. The third kappa shape index (κ3) is 5.10. The fraction of sp³-hybridized carbons (Fsp3) is 0.292. The molecule has 33 heavy (non-hydrogen) atoms. The molecule has 2 aromatic carbocycles. The number of carbonyl (C=O) groups excluding carboxylic acids is 2. The molecule has 1 aliphatic rings. The van der Waals surface area contributed by atoms with E-state index in [2.05, 4.69) is 10.4 Å². The lowest BCUT2D eigenvalue weighted by Gasteiger charge is -2.38.